The van der Waals surface area contributed by atoms with Crippen molar-refractivity contribution in [1.82, 2.24) is 19.0 Å². The van der Waals surface area contributed by atoms with Crippen molar-refractivity contribution in [3.05, 3.63) is 38.7 Å². The van der Waals surface area contributed by atoms with Crippen LogP contribution in [0.1, 0.15) is 30.3 Å². The topological polar surface area (TPSA) is 103 Å². The maximum Gasteiger partial charge on any atom is 0.332 e. The third-order valence-corrected chi connectivity index (χ3v) is 5.01. The molecule has 2 aromatic rings. The van der Waals surface area contributed by atoms with Crippen LogP contribution < -0.4 is 17.0 Å². The van der Waals surface area contributed by atoms with E-state index in [1.807, 2.05) is 6.92 Å². The summed E-state index contributed by atoms with van der Waals surface area (Å²) < 4.78 is 2.32. The van der Waals surface area contributed by atoms with Crippen molar-refractivity contribution in [2.45, 2.75) is 25.8 Å². The van der Waals surface area contributed by atoms with E-state index in [0.717, 1.165) is 17.4 Å². The molecule has 0 spiro atoms. The van der Waals surface area contributed by atoms with Gasteiger partial charge in [0.2, 0.25) is 0 Å². The minimum atomic E-state index is -0.468. The van der Waals surface area contributed by atoms with Crippen molar-refractivity contribution in [3.8, 4) is 0 Å². The molecule has 8 heteroatoms. The molecule has 1 amide bonds. The van der Waals surface area contributed by atoms with E-state index >= 15 is 0 Å². The summed E-state index contributed by atoms with van der Waals surface area (Å²) in [7, 11) is 2.96. The van der Waals surface area contributed by atoms with E-state index in [9.17, 15) is 14.4 Å². The number of pyridine rings is 1. The summed E-state index contributed by atoms with van der Waals surface area (Å²) in [4.78, 5) is 43.2. The zero-order valence-electron chi connectivity index (χ0n) is 14.7. The highest BCUT2D eigenvalue weighted by Crippen LogP contribution is 2.20. The molecule has 1 saturated heterocycles. The van der Waals surface area contributed by atoms with Crippen LogP contribution in [0.2, 0.25) is 0 Å². The Balaban J connectivity index is 2.01. The lowest BCUT2D eigenvalue weighted by molar-refractivity contribution is 0.0655. The number of rotatable bonds is 2. The van der Waals surface area contributed by atoms with E-state index in [0.29, 0.717) is 18.5 Å². The molecule has 0 saturated carbocycles. The van der Waals surface area contributed by atoms with Gasteiger partial charge in [-0.2, -0.15) is 0 Å². The number of piperidine rings is 1. The van der Waals surface area contributed by atoms with Gasteiger partial charge in [0.1, 0.15) is 11.3 Å². The Kier molecular flexibility index (Phi) is 4.47. The molecule has 2 unspecified atom stereocenters. The average molecular weight is 345 g/mol. The van der Waals surface area contributed by atoms with Gasteiger partial charge < -0.3 is 10.6 Å². The van der Waals surface area contributed by atoms with Crippen LogP contribution in [-0.4, -0.2) is 44.1 Å². The van der Waals surface area contributed by atoms with Crippen molar-refractivity contribution in [3.63, 3.8) is 0 Å². The van der Waals surface area contributed by atoms with Gasteiger partial charge >= 0.3 is 5.69 Å². The molecule has 0 bridgehead atoms. The molecule has 3 heterocycles. The number of carbonyl (C=O) groups excluding carboxylic acids is 1. The third-order valence-electron chi connectivity index (χ3n) is 5.01. The van der Waals surface area contributed by atoms with Crippen LogP contribution >= 0.6 is 0 Å². The Bertz CT molecular complexity index is 944. The molecule has 2 N–H and O–H groups in total. The summed E-state index contributed by atoms with van der Waals surface area (Å²) in [6.07, 6.45) is 1.92. The Morgan fingerprint density at radius 3 is 2.68 bits per heavy atom. The summed E-state index contributed by atoms with van der Waals surface area (Å²) in [6.45, 7) is 3.22. The first kappa shape index (κ1) is 17.3. The molecule has 1 fully saturated rings. The molecule has 1 aliphatic heterocycles. The van der Waals surface area contributed by atoms with Crippen molar-refractivity contribution < 1.29 is 4.79 Å². The van der Waals surface area contributed by atoms with Crippen molar-refractivity contribution >= 4 is 16.9 Å². The van der Waals surface area contributed by atoms with Crippen LogP contribution in [0.4, 0.5) is 0 Å². The minimum absolute atomic E-state index is 0.0315. The standard InChI is InChI=1S/C17H23N5O3/c1-10(18)11-5-4-8-22(9-11)16(24)13-7-6-12-14(19-13)20(2)17(25)21(3)15(12)23/h6-7,10-11H,4-5,8-9,18H2,1-3H3. The van der Waals surface area contributed by atoms with Gasteiger partial charge in [-0.15, -0.1) is 0 Å². The number of carbonyl (C=O) groups is 1. The first-order valence-electron chi connectivity index (χ1n) is 8.43. The van der Waals surface area contributed by atoms with Crippen LogP contribution in [0, 0.1) is 5.92 Å². The number of nitrogens with two attached hydrogens (primary N) is 1. The number of aromatic nitrogens is 3. The highest BCUT2D eigenvalue weighted by Gasteiger charge is 2.27. The quantitative estimate of drug-likeness (QED) is 0.814. The van der Waals surface area contributed by atoms with Gasteiger partial charge in [0.25, 0.3) is 11.5 Å². The van der Waals surface area contributed by atoms with Gasteiger partial charge in [-0.3, -0.25) is 18.7 Å². The summed E-state index contributed by atoms with van der Waals surface area (Å²) >= 11 is 0. The second kappa shape index (κ2) is 6.44. The number of likely N-dealkylation sites (tertiary alicyclic amines) is 1. The van der Waals surface area contributed by atoms with E-state index in [2.05, 4.69) is 4.98 Å². The maximum atomic E-state index is 12.8. The molecule has 0 radical (unpaired) electrons. The summed E-state index contributed by atoms with van der Waals surface area (Å²) in [5.41, 5.74) is 5.56. The number of hydrogen-bond acceptors (Lipinski definition) is 5. The average Bonchev–Trinajstić information content (AvgIpc) is 2.63. The van der Waals surface area contributed by atoms with Gasteiger partial charge in [-0.1, -0.05) is 0 Å². The molecule has 3 rings (SSSR count). The molecule has 134 valence electrons. The molecular formula is C17H23N5O3. The van der Waals surface area contributed by atoms with Gasteiger partial charge in [-0.25, -0.2) is 9.78 Å². The van der Waals surface area contributed by atoms with Crippen molar-refractivity contribution in [2.75, 3.05) is 13.1 Å². The second-order valence-corrected chi connectivity index (χ2v) is 6.79. The molecule has 0 aromatic carbocycles. The van der Waals surface area contributed by atoms with E-state index in [4.69, 9.17) is 5.73 Å². The van der Waals surface area contributed by atoms with E-state index < -0.39 is 11.2 Å². The van der Waals surface area contributed by atoms with Crippen LogP contribution in [0.15, 0.2) is 21.7 Å². The number of aryl methyl sites for hydroxylation is 1. The van der Waals surface area contributed by atoms with Gasteiger partial charge in [0.05, 0.1) is 5.39 Å². The van der Waals surface area contributed by atoms with Gasteiger partial charge in [0.15, 0.2) is 0 Å². The highest BCUT2D eigenvalue weighted by atomic mass is 16.2. The smallest absolute Gasteiger partial charge is 0.332 e. The number of hydrogen-bond donors (Lipinski definition) is 1. The molecule has 2 atom stereocenters. The van der Waals surface area contributed by atoms with E-state index in [1.54, 1.807) is 24.1 Å². The Morgan fingerprint density at radius 1 is 1.28 bits per heavy atom. The fraction of sp³-hybridized carbons (Fsp3) is 0.529. The lowest BCUT2D eigenvalue weighted by Gasteiger charge is -2.34. The first-order chi connectivity index (χ1) is 11.8. The minimum Gasteiger partial charge on any atom is -0.337 e. The summed E-state index contributed by atoms with van der Waals surface area (Å²) in [5, 5.41) is 0.313. The van der Waals surface area contributed by atoms with Crippen LogP contribution in [0.3, 0.4) is 0 Å². The Hall–Kier alpha value is -2.48. The third kappa shape index (κ3) is 2.97. The predicted molar refractivity (Wildman–Crippen MR) is 94.5 cm³/mol. The van der Waals surface area contributed by atoms with Gasteiger partial charge in [-0.05, 0) is 37.8 Å². The van der Waals surface area contributed by atoms with E-state index in [1.165, 1.54) is 11.6 Å². The molecule has 8 nitrogen and oxygen atoms in total. The zero-order valence-corrected chi connectivity index (χ0v) is 14.7. The molecular weight excluding hydrogens is 322 g/mol. The Morgan fingerprint density at radius 2 is 2.00 bits per heavy atom. The lowest BCUT2D eigenvalue weighted by Crippen LogP contribution is -2.45. The van der Waals surface area contributed by atoms with Gasteiger partial charge in [0, 0.05) is 33.2 Å². The number of fused-ring (bicyclic) bond motifs is 1. The molecule has 1 aliphatic rings. The molecule has 25 heavy (non-hydrogen) atoms. The summed E-state index contributed by atoms with van der Waals surface area (Å²) in [5.74, 6) is 0.0789. The van der Waals surface area contributed by atoms with Crippen LogP contribution in [0.25, 0.3) is 11.0 Å². The predicted octanol–water partition coefficient (Wildman–Crippen LogP) is -0.168. The maximum absolute atomic E-state index is 12.8. The highest BCUT2D eigenvalue weighted by molar-refractivity contribution is 5.94. The Labute approximate surface area is 144 Å². The fourth-order valence-electron chi connectivity index (χ4n) is 3.36. The molecule has 0 aliphatic carbocycles. The van der Waals surface area contributed by atoms with E-state index in [-0.39, 0.29) is 29.2 Å². The summed E-state index contributed by atoms with van der Waals surface area (Å²) in [6, 6.07) is 3.14. The lowest BCUT2D eigenvalue weighted by atomic mass is 9.92. The molecule has 2 aromatic heterocycles. The van der Waals surface area contributed by atoms with Crippen molar-refractivity contribution in [1.29, 1.82) is 0 Å². The van der Waals surface area contributed by atoms with Crippen LogP contribution in [-0.2, 0) is 14.1 Å². The van der Waals surface area contributed by atoms with Crippen LogP contribution in [0.5, 0.6) is 0 Å². The van der Waals surface area contributed by atoms with Crippen molar-refractivity contribution in [2.24, 2.45) is 25.7 Å². The first-order valence-corrected chi connectivity index (χ1v) is 8.43. The number of nitrogens with zero attached hydrogens (tertiary/aromatic N) is 4. The monoisotopic (exact) mass is 345 g/mol. The SMILES string of the molecule is CC(N)C1CCCN(C(=O)c2ccc3c(=O)n(C)c(=O)n(C)c3n2)C1. The number of amides is 1. The fourth-order valence-corrected chi connectivity index (χ4v) is 3.36. The normalized spacial score (nSPS) is 19.2. The largest absolute Gasteiger partial charge is 0.337 e. The zero-order chi connectivity index (χ0) is 18.3. The second-order valence-electron chi connectivity index (χ2n) is 6.79.